The Kier molecular flexibility index (Phi) is 7.65. The normalized spacial score (nSPS) is 14.6. The van der Waals surface area contributed by atoms with Crippen LogP contribution in [0.2, 0.25) is 0 Å². The Bertz CT molecular complexity index is 397. The summed E-state index contributed by atoms with van der Waals surface area (Å²) in [5, 5.41) is -2.69. The fraction of sp³-hybridized carbons (Fsp3) is 0.143. The van der Waals surface area contributed by atoms with Crippen molar-refractivity contribution in [3.8, 4) is 0 Å². The molecule has 1 rings (SSSR count). The van der Waals surface area contributed by atoms with Crippen molar-refractivity contribution in [1.82, 2.24) is 0 Å². The standard InChI is InChI=1S/C7H8ClO2P.Cl3OP/c1-10-11(8,9)7-5-3-2-4-6-7;1-5(2,3)4/h2-6H,1H3;. The second-order valence-electron chi connectivity index (χ2n) is 2.40. The second kappa shape index (κ2) is 7.28. The molecule has 0 N–H and O–H groups in total. The first-order chi connectivity index (χ1) is 7.17. The van der Waals surface area contributed by atoms with Crippen LogP contribution in [-0.2, 0) is 13.7 Å². The van der Waals surface area contributed by atoms with Gasteiger partial charge in [-0.25, -0.2) is 0 Å². The molecule has 0 saturated carbocycles. The van der Waals surface area contributed by atoms with Crippen molar-refractivity contribution in [2.24, 2.45) is 0 Å². The third-order valence-electron chi connectivity index (χ3n) is 1.30. The summed E-state index contributed by atoms with van der Waals surface area (Å²) in [5.41, 5.74) is 0. The second-order valence-corrected chi connectivity index (χ2v) is 12.2. The van der Waals surface area contributed by atoms with E-state index >= 15 is 0 Å². The lowest BCUT2D eigenvalue weighted by Crippen LogP contribution is -1.99. The molecule has 9 heteroatoms. The van der Waals surface area contributed by atoms with Gasteiger partial charge in [-0.2, -0.15) is 0 Å². The van der Waals surface area contributed by atoms with Crippen LogP contribution in [0.4, 0.5) is 0 Å². The van der Waals surface area contributed by atoms with E-state index in [1.54, 1.807) is 24.3 Å². The van der Waals surface area contributed by atoms with Gasteiger partial charge in [0.25, 0.3) is 0 Å². The Labute approximate surface area is 113 Å². The van der Waals surface area contributed by atoms with Crippen molar-refractivity contribution >= 4 is 62.2 Å². The SMILES string of the molecule is COP(=O)(Cl)c1ccccc1.O=P(Cl)(Cl)Cl. The molecular formula is C7H8Cl4O3P2. The quantitative estimate of drug-likeness (QED) is 0.693. The summed E-state index contributed by atoms with van der Waals surface area (Å²) in [4.78, 5) is 0. The minimum Gasteiger partial charge on any atom is -0.318 e. The molecule has 16 heavy (non-hydrogen) atoms. The fourth-order valence-corrected chi connectivity index (χ4v) is 1.79. The molecule has 0 aliphatic heterocycles. The Morgan fingerprint density at radius 2 is 1.38 bits per heavy atom. The molecule has 0 amide bonds. The van der Waals surface area contributed by atoms with E-state index in [2.05, 4.69) is 38.2 Å². The molecule has 0 aliphatic rings. The van der Waals surface area contributed by atoms with E-state index in [9.17, 15) is 9.13 Å². The lowest BCUT2D eigenvalue weighted by molar-refractivity contribution is 0.417. The van der Waals surface area contributed by atoms with Gasteiger partial charge >= 0.3 is 11.9 Å². The summed E-state index contributed by atoms with van der Waals surface area (Å²) in [6, 6.07) is 8.72. The lowest BCUT2D eigenvalue weighted by atomic mass is 10.4. The number of rotatable bonds is 2. The van der Waals surface area contributed by atoms with Gasteiger partial charge in [0, 0.05) is 7.11 Å². The molecule has 1 unspecified atom stereocenters. The molecule has 1 atom stereocenters. The average Bonchev–Trinajstić information content (AvgIpc) is 2.17. The predicted molar refractivity (Wildman–Crippen MR) is 71.7 cm³/mol. The summed E-state index contributed by atoms with van der Waals surface area (Å²) in [5.74, 6) is 0. The van der Waals surface area contributed by atoms with Crippen LogP contribution in [0.15, 0.2) is 30.3 Å². The van der Waals surface area contributed by atoms with Crippen LogP contribution >= 0.6 is 56.9 Å². The highest BCUT2D eigenvalue weighted by Crippen LogP contribution is 2.61. The molecule has 0 aromatic heterocycles. The number of benzene rings is 1. The smallest absolute Gasteiger partial charge is 0.318 e. The monoisotopic (exact) mass is 342 g/mol. The van der Waals surface area contributed by atoms with Crippen molar-refractivity contribution in [3.63, 3.8) is 0 Å². The third-order valence-corrected chi connectivity index (χ3v) is 3.68. The Morgan fingerprint density at radius 3 is 1.69 bits per heavy atom. The number of hydrogen-bond acceptors (Lipinski definition) is 3. The van der Waals surface area contributed by atoms with Crippen LogP contribution in [0.5, 0.6) is 0 Å². The molecule has 0 bridgehead atoms. The van der Waals surface area contributed by atoms with E-state index in [0.717, 1.165) is 0 Å². The van der Waals surface area contributed by atoms with Crippen LogP contribution in [0.3, 0.4) is 0 Å². The van der Waals surface area contributed by atoms with Gasteiger partial charge in [-0.15, -0.1) is 0 Å². The van der Waals surface area contributed by atoms with E-state index in [0.29, 0.717) is 5.30 Å². The fourth-order valence-electron chi connectivity index (χ4n) is 0.711. The summed E-state index contributed by atoms with van der Waals surface area (Å²) < 4.78 is 25.5. The minimum atomic E-state index is -3.22. The third kappa shape index (κ3) is 8.90. The zero-order chi connectivity index (χ0) is 12.8. The molecule has 0 heterocycles. The molecule has 92 valence electrons. The maximum atomic E-state index is 11.3. The van der Waals surface area contributed by atoms with E-state index in [1.807, 2.05) is 6.07 Å². The molecule has 0 spiro atoms. The van der Waals surface area contributed by atoms with Crippen molar-refractivity contribution in [3.05, 3.63) is 30.3 Å². The topological polar surface area (TPSA) is 43.4 Å². The average molecular weight is 344 g/mol. The Morgan fingerprint density at radius 1 is 1.00 bits per heavy atom. The lowest BCUT2D eigenvalue weighted by Gasteiger charge is -2.06. The van der Waals surface area contributed by atoms with Gasteiger partial charge in [0.05, 0.1) is 5.30 Å². The van der Waals surface area contributed by atoms with Crippen LogP contribution in [0.1, 0.15) is 0 Å². The molecular weight excluding hydrogens is 336 g/mol. The summed E-state index contributed by atoms with van der Waals surface area (Å²) >= 11 is 19.4. The molecule has 1 aromatic rings. The Hall–Kier alpha value is 0.800. The Balaban J connectivity index is 0.000000385. The summed E-state index contributed by atoms with van der Waals surface area (Å²) in [7, 11) is 1.33. The van der Waals surface area contributed by atoms with Crippen molar-refractivity contribution in [1.29, 1.82) is 0 Å². The van der Waals surface area contributed by atoms with Crippen molar-refractivity contribution in [2.75, 3.05) is 7.11 Å². The number of hydrogen-bond donors (Lipinski definition) is 0. The van der Waals surface area contributed by atoms with Gasteiger partial charge in [-0.1, -0.05) is 18.2 Å². The maximum absolute atomic E-state index is 11.3. The highest BCUT2D eigenvalue weighted by molar-refractivity contribution is 8.24. The van der Waals surface area contributed by atoms with E-state index in [-0.39, 0.29) is 0 Å². The van der Waals surface area contributed by atoms with E-state index in [1.165, 1.54) is 7.11 Å². The summed E-state index contributed by atoms with van der Waals surface area (Å²) in [6.45, 7) is -3.05. The molecule has 3 nitrogen and oxygen atoms in total. The zero-order valence-corrected chi connectivity index (χ0v) is 12.8. The van der Waals surface area contributed by atoms with Gasteiger partial charge in [-0.3, -0.25) is 9.13 Å². The van der Waals surface area contributed by atoms with Gasteiger partial charge < -0.3 is 4.52 Å². The molecule has 0 aliphatic carbocycles. The van der Waals surface area contributed by atoms with Crippen molar-refractivity contribution < 1.29 is 13.7 Å². The first-order valence-electron chi connectivity index (χ1n) is 3.77. The molecule has 0 saturated heterocycles. The summed E-state index contributed by atoms with van der Waals surface area (Å²) in [6.07, 6.45) is 0. The van der Waals surface area contributed by atoms with Gasteiger partial charge in [0.15, 0.2) is 0 Å². The molecule has 1 aromatic carbocycles. The van der Waals surface area contributed by atoms with Crippen LogP contribution in [0.25, 0.3) is 0 Å². The van der Waals surface area contributed by atoms with E-state index in [4.69, 9.17) is 11.2 Å². The van der Waals surface area contributed by atoms with Gasteiger partial charge in [0.2, 0.25) is 0 Å². The molecule has 0 radical (unpaired) electrons. The minimum absolute atomic E-state index is 0.532. The highest BCUT2D eigenvalue weighted by atomic mass is 36.0. The van der Waals surface area contributed by atoms with Gasteiger partial charge in [0.1, 0.15) is 0 Å². The van der Waals surface area contributed by atoms with Crippen LogP contribution < -0.4 is 5.30 Å². The zero-order valence-electron chi connectivity index (χ0n) is 8.02. The predicted octanol–water partition coefficient (Wildman–Crippen LogP) is 5.20. The number of halogens is 4. The van der Waals surface area contributed by atoms with Crippen molar-refractivity contribution in [2.45, 2.75) is 0 Å². The van der Waals surface area contributed by atoms with E-state index < -0.39 is 11.9 Å². The largest absolute Gasteiger partial charge is 0.339 e. The van der Waals surface area contributed by atoms with Gasteiger partial charge in [-0.05, 0) is 57.1 Å². The first kappa shape index (κ1) is 16.8. The highest BCUT2D eigenvalue weighted by Gasteiger charge is 2.19. The first-order valence-corrected chi connectivity index (χ1v) is 10.7. The van der Waals surface area contributed by atoms with Crippen LogP contribution in [0, 0.1) is 0 Å². The van der Waals surface area contributed by atoms with Crippen LogP contribution in [-0.4, -0.2) is 7.11 Å². The maximum Gasteiger partial charge on any atom is 0.339 e. The molecule has 0 fully saturated rings.